The van der Waals surface area contributed by atoms with Crippen molar-refractivity contribution in [2.45, 2.75) is 57.4 Å². The normalized spacial score (nSPS) is 15.8. The third kappa shape index (κ3) is 4.93. The summed E-state index contributed by atoms with van der Waals surface area (Å²) in [7, 11) is 0. The second-order valence-corrected chi connectivity index (χ2v) is 9.08. The number of ketones is 1. The number of rotatable bonds is 7. The molecule has 0 spiro atoms. The zero-order valence-corrected chi connectivity index (χ0v) is 19.7. The van der Waals surface area contributed by atoms with Gasteiger partial charge in [0.2, 0.25) is 11.9 Å². The maximum Gasteiger partial charge on any atom is 0.248 e. The Balaban J connectivity index is 1.38. The lowest BCUT2D eigenvalue weighted by Crippen LogP contribution is -2.32. The van der Waals surface area contributed by atoms with E-state index in [2.05, 4.69) is 30.2 Å². The van der Waals surface area contributed by atoms with E-state index in [1.165, 1.54) is 18.6 Å². The number of halogens is 3. The Bertz CT molecular complexity index is 1390. The zero-order chi connectivity index (χ0) is 25.3. The molecule has 0 amide bonds. The van der Waals surface area contributed by atoms with Gasteiger partial charge in [-0.3, -0.25) is 9.78 Å². The van der Waals surface area contributed by atoms with E-state index in [0.717, 1.165) is 17.7 Å². The van der Waals surface area contributed by atoms with Crippen LogP contribution in [0.4, 0.5) is 19.0 Å². The fourth-order valence-electron chi connectivity index (χ4n) is 4.49. The standard InChI is InChI=1S/C26H25F3N6O/c1-2-16-4-3-15(12-30-16)11-18-5-6-19(23(27)34-18)22(36)20-13-31-24-21(20)25(33-14-32-24)35-17-7-9-26(28,29)10-8-17/h3-6,12-14,17H,2,7-11H2,1H3,(H2,31,32,33,35). The van der Waals surface area contributed by atoms with Crippen LogP contribution in [0.3, 0.4) is 0 Å². The average Bonchev–Trinajstić information content (AvgIpc) is 3.31. The van der Waals surface area contributed by atoms with Crippen LogP contribution >= 0.6 is 0 Å². The van der Waals surface area contributed by atoms with E-state index >= 15 is 0 Å². The molecule has 1 fully saturated rings. The van der Waals surface area contributed by atoms with E-state index in [1.807, 2.05) is 19.1 Å². The van der Waals surface area contributed by atoms with Gasteiger partial charge in [-0.25, -0.2) is 23.7 Å². The van der Waals surface area contributed by atoms with Crippen molar-refractivity contribution in [3.8, 4) is 0 Å². The Morgan fingerprint density at radius 1 is 1.08 bits per heavy atom. The first kappa shape index (κ1) is 23.9. The summed E-state index contributed by atoms with van der Waals surface area (Å²) in [5.74, 6) is -3.74. The Morgan fingerprint density at radius 2 is 1.86 bits per heavy atom. The predicted molar refractivity (Wildman–Crippen MR) is 129 cm³/mol. The van der Waals surface area contributed by atoms with Crippen LogP contribution in [0.5, 0.6) is 0 Å². The zero-order valence-electron chi connectivity index (χ0n) is 19.7. The molecule has 0 unspecified atom stereocenters. The van der Waals surface area contributed by atoms with Crippen LogP contribution < -0.4 is 5.32 Å². The van der Waals surface area contributed by atoms with Crippen molar-refractivity contribution in [3.05, 3.63) is 77.0 Å². The molecule has 0 aromatic carbocycles. The summed E-state index contributed by atoms with van der Waals surface area (Å²) in [6.07, 6.45) is 5.88. The molecule has 0 saturated heterocycles. The number of pyridine rings is 2. The number of anilines is 1. The first-order chi connectivity index (χ1) is 17.3. The van der Waals surface area contributed by atoms with Crippen LogP contribution in [0.25, 0.3) is 11.0 Å². The van der Waals surface area contributed by atoms with Crippen molar-refractivity contribution < 1.29 is 18.0 Å². The summed E-state index contributed by atoms with van der Waals surface area (Å²) in [5.41, 5.74) is 2.74. The SMILES string of the molecule is CCc1ccc(Cc2ccc(C(=O)c3c[nH]c4ncnc(NC5CCC(F)(F)CC5)c34)c(F)n2)cn1. The molecule has 2 N–H and O–H groups in total. The molecular formula is C26H25F3N6O. The summed E-state index contributed by atoms with van der Waals surface area (Å²) in [6.45, 7) is 2.02. The highest BCUT2D eigenvalue weighted by Crippen LogP contribution is 2.35. The highest BCUT2D eigenvalue weighted by Gasteiger charge is 2.35. The number of fused-ring (bicyclic) bond motifs is 1. The lowest BCUT2D eigenvalue weighted by molar-refractivity contribution is -0.0361. The van der Waals surface area contributed by atoms with Gasteiger partial charge in [0.25, 0.3) is 0 Å². The fourth-order valence-corrected chi connectivity index (χ4v) is 4.49. The van der Waals surface area contributed by atoms with Crippen molar-refractivity contribution in [1.29, 1.82) is 0 Å². The largest absolute Gasteiger partial charge is 0.367 e. The van der Waals surface area contributed by atoms with Gasteiger partial charge in [0, 0.05) is 49.1 Å². The van der Waals surface area contributed by atoms with Gasteiger partial charge in [0.05, 0.1) is 16.5 Å². The Labute approximate surface area is 205 Å². The highest BCUT2D eigenvalue weighted by atomic mass is 19.3. The number of hydrogen-bond donors (Lipinski definition) is 2. The molecule has 36 heavy (non-hydrogen) atoms. The first-order valence-corrected chi connectivity index (χ1v) is 11.9. The number of nitrogens with one attached hydrogen (secondary N) is 2. The number of aryl methyl sites for hydroxylation is 1. The minimum Gasteiger partial charge on any atom is -0.367 e. The van der Waals surface area contributed by atoms with Gasteiger partial charge in [-0.2, -0.15) is 4.39 Å². The average molecular weight is 495 g/mol. The molecular weight excluding hydrogens is 469 g/mol. The molecule has 0 atom stereocenters. The summed E-state index contributed by atoms with van der Waals surface area (Å²) < 4.78 is 42.1. The maximum absolute atomic E-state index is 15.0. The van der Waals surface area contributed by atoms with E-state index in [9.17, 15) is 18.0 Å². The molecule has 1 aliphatic carbocycles. The van der Waals surface area contributed by atoms with E-state index in [4.69, 9.17) is 0 Å². The van der Waals surface area contributed by atoms with Crippen LogP contribution in [-0.4, -0.2) is 42.7 Å². The van der Waals surface area contributed by atoms with Crippen LogP contribution in [0.15, 0.2) is 43.0 Å². The molecule has 10 heteroatoms. The van der Waals surface area contributed by atoms with Crippen LogP contribution in [0.2, 0.25) is 0 Å². The van der Waals surface area contributed by atoms with Crippen LogP contribution in [0.1, 0.15) is 65.5 Å². The van der Waals surface area contributed by atoms with Crippen LogP contribution in [0, 0.1) is 5.95 Å². The molecule has 0 radical (unpaired) electrons. The smallest absolute Gasteiger partial charge is 0.248 e. The highest BCUT2D eigenvalue weighted by molar-refractivity contribution is 6.18. The topological polar surface area (TPSA) is 96.5 Å². The second kappa shape index (κ2) is 9.67. The second-order valence-electron chi connectivity index (χ2n) is 9.08. The molecule has 1 saturated carbocycles. The number of carbonyl (C=O) groups is 1. The molecule has 7 nitrogen and oxygen atoms in total. The lowest BCUT2D eigenvalue weighted by Gasteiger charge is -2.29. The summed E-state index contributed by atoms with van der Waals surface area (Å²) >= 11 is 0. The molecule has 0 bridgehead atoms. The molecule has 4 aromatic rings. The van der Waals surface area contributed by atoms with Crippen molar-refractivity contribution in [3.63, 3.8) is 0 Å². The molecule has 4 aromatic heterocycles. The molecule has 5 rings (SSSR count). The van der Waals surface area contributed by atoms with Crippen molar-refractivity contribution in [2.24, 2.45) is 0 Å². The van der Waals surface area contributed by atoms with E-state index in [0.29, 0.717) is 29.0 Å². The van der Waals surface area contributed by atoms with Gasteiger partial charge in [0.1, 0.15) is 17.8 Å². The number of hydrogen-bond acceptors (Lipinski definition) is 6. The fraction of sp³-hybridized carbons (Fsp3) is 0.346. The predicted octanol–water partition coefficient (Wildman–Crippen LogP) is 5.26. The minimum absolute atomic E-state index is 0.175. The first-order valence-electron chi connectivity index (χ1n) is 11.9. The van der Waals surface area contributed by atoms with E-state index in [-0.39, 0.29) is 42.9 Å². The number of H-pyrrole nitrogens is 1. The quantitative estimate of drug-likeness (QED) is 0.269. The lowest BCUT2D eigenvalue weighted by atomic mass is 9.92. The maximum atomic E-state index is 15.0. The Hall–Kier alpha value is -3.82. The number of aromatic nitrogens is 5. The van der Waals surface area contributed by atoms with E-state index in [1.54, 1.807) is 12.3 Å². The van der Waals surface area contributed by atoms with Crippen LogP contribution in [-0.2, 0) is 12.8 Å². The number of alkyl halides is 2. The van der Waals surface area contributed by atoms with Crippen molar-refractivity contribution >= 4 is 22.6 Å². The Morgan fingerprint density at radius 3 is 2.56 bits per heavy atom. The van der Waals surface area contributed by atoms with Gasteiger partial charge in [-0.05, 0) is 43.0 Å². The summed E-state index contributed by atoms with van der Waals surface area (Å²) in [6, 6.07) is 6.69. The Kier molecular flexibility index (Phi) is 6.42. The number of aromatic amines is 1. The molecule has 1 aliphatic rings. The third-order valence-electron chi connectivity index (χ3n) is 6.56. The molecule has 186 valence electrons. The van der Waals surface area contributed by atoms with Gasteiger partial charge >= 0.3 is 0 Å². The minimum atomic E-state index is -2.65. The summed E-state index contributed by atoms with van der Waals surface area (Å²) in [4.78, 5) is 33.0. The van der Waals surface area contributed by atoms with Gasteiger partial charge in [-0.1, -0.05) is 13.0 Å². The van der Waals surface area contributed by atoms with Gasteiger partial charge in [0.15, 0.2) is 5.78 Å². The van der Waals surface area contributed by atoms with Gasteiger partial charge in [-0.15, -0.1) is 0 Å². The van der Waals surface area contributed by atoms with Crippen molar-refractivity contribution in [1.82, 2.24) is 24.9 Å². The van der Waals surface area contributed by atoms with Crippen molar-refractivity contribution in [2.75, 3.05) is 5.32 Å². The van der Waals surface area contributed by atoms with Gasteiger partial charge < -0.3 is 10.3 Å². The summed E-state index contributed by atoms with van der Waals surface area (Å²) in [5, 5.41) is 3.58. The number of nitrogens with zero attached hydrogens (tertiary/aromatic N) is 4. The number of carbonyl (C=O) groups excluding carboxylic acids is 1. The van der Waals surface area contributed by atoms with E-state index < -0.39 is 17.7 Å². The third-order valence-corrected chi connectivity index (χ3v) is 6.56. The molecule has 4 heterocycles. The monoisotopic (exact) mass is 494 g/mol. The molecule has 0 aliphatic heterocycles.